The number of benzene rings is 1. The average molecular weight is 290 g/mol. The molecule has 1 aromatic heterocycles. The summed E-state index contributed by atoms with van der Waals surface area (Å²) in [6.07, 6.45) is 2.88. The van der Waals surface area contributed by atoms with Gasteiger partial charge in [0.1, 0.15) is 0 Å². The third-order valence-electron chi connectivity index (χ3n) is 3.60. The molecule has 0 aliphatic carbocycles. The van der Waals surface area contributed by atoms with Crippen molar-refractivity contribution in [2.24, 2.45) is 5.84 Å². The van der Waals surface area contributed by atoms with Gasteiger partial charge in [-0.05, 0) is 54.9 Å². The molecule has 0 amide bonds. The Labute approximate surface area is 124 Å². The van der Waals surface area contributed by atoms with Crippen LogP contribution in [-0.2, 0) is 12.8 Å². The van der Waals surface area contributed by atoms with E-state index < -0.39 is 0 Å². The third kappa shape index (κ3) is 3.42. The van der Waals surface area contributed by atoms with E-state index >= 15 is 0 Å². The molecule has 0 aliphatic heterocycles. The molecule has 4 nitrogen and oxygen atoms in total. The molecule has 1 heterocycles. The maximum Gasteiger partial charge on any atom is 0.0804 e. The molecule has 0 aliphatic rings. The second-order valence-electron chi connectivity index (χ2n) is 5.18. The molecular weight excluding hydrogens is 268 g/mol. The minimum Gasteiger partial charge on any atom is -0.271 e. The van der Waals surface area contributed by atoms with Gasteiger partial charge in [0, 0.05) is 0 Å². The van der Waals surface area contributed by atoms with Crippen molar-refractivity contribution in [3.63, 3.8) is 0 Å². The van der Waals surface area contributed by atoms with Crippen molar-refractivity contribution < 1.29 is 0 Å². The Morgan fingerprint density at radius 2 is 2.10 bits per heavy atom. The molecule has 108 valence electrons. The van der Waals surface area contributed by atoms with E-state index in [-0.39, 0.29) is 6.04 Å². The molecule has 0 saturated carbocycles. The Morgan fingerprint density at radius 3 is 2.75 bits per heavy atom. The van der Waals surface area contributed by atoms with E-state index in [0.717, 1.165) is 29.8 Å². The highest BCUT2D eigenvalue weighted by atomic mass is 32.1. The van der Waals surface area contributed by atoms with Crippen molar-refractivity contribution in [2.45, 2.75) is 46.1 Å². The molecule has 0 bridgehead atoms. The van der Waals surface area contributed by atoms with Crippen molar-refractivity contribution in [2.75, 3.05) is 0 Å². The average Bonchev–Trinajstić information content (AvgIpc) is 2.88. The molecule has 2 aromatic rings. The summed E-state index contributed by atoms with van der Waals surface area (Å²) in [5.74, 6) is 5.75. The lowest BCUT2D eigenvalue weighted by molar-refractivity contribution is 0.554. The normalized spacial score (nSPS) is 12.6. The largest absolute Gasteiger partial charge is 0.271 e. The predicted molar refractivity (Wildman–Crippen MR) is 83.6 cm³/mol. The Hall–Kier alpha value is -1.30. The number of nitrogens with one attached hydrogen (secondary N) is 1. The quantitative estimate of drug-likeness (QED) is 0.634. The van der Waals surface area contributed by atoms with Gasteiger partial charge in [-0.2, -0.15) is 0 Å². The van der Waals surface area contributed by atoms with E-state index in [0.29, 0.717) is 0 Å². The zero-order chi connectivity index (χ0) is 14.5. The van der Waals surface area contributed by atoms with E-state index in [1.807, 2.05) is 0 Å². The molecule has 20 heavy (non-hydrogen) atoms. The fourth-order valence-electron chi connectivity index (χ4n) is 2.28. The fraction of sp³-hybridized carbons (Fsp3) is 0.467. The molecule has 1 atom stereocenters. The van der Waals surface area contributed by atoms with Gasteiger partial charge in [0.2, 0.25) is 0 Å². The zero-order valence-electron chi connectivity index (χ0n) is 12.3. The van der Waals surface area contributed by atoms with Crippen LogP contribution in [0.5, 0.6) is 0 Å². The van der Waals surface area contributed by atoms with Gasteiger partial charge in [-0.3, -0.25) is 11.3 Å². The van der Waals surface area contributed by atoms with Crippen LogP contribution < -0.4 is 11.3 Å². The number of nitrogens with two attached hydrogens (primary N) is 1. The lowest BCUT2D eigenvalue weighted by atomic mass is 9.99. The van der Waals surface area contributed by atoms with E-state index in [9.17, 15) is 0 Å². The van der Waals surface area contributed by atoms with Crippen molar-refractivity contribution in [1.29, 1.82) is 0 Å². The van der Waals surface area contributed by atoms with E-state index in [4.69, 9.17) is 5.84 Å². The monoisotopic (exact) mass is 290 g/mol. The summed E-state index contributed by atoms with van der Waals surface area (Å²) in [6, 6.07) is 6.64. The number of hydrogen-bond donors (Lipinski definition) is 2. The fourth-order valence-corrected chi connectivity index (χ4v) is 3.04. The smallest absolute Gasteiger partial charge is 0.0804 e. The van der Waals surface area contributed by atoms with Gasteiger partial charge in [0.15, 0.2) is 0 Å². The van der Waals surface area contributed by atoms with Gasteiger partial charge in [0.05, 0.1) is 16.6 Å². The molecule has 5 heteroatoms. The van der Waals surface area contributed by atoms with Gasteiger partial charge in [-0.15, -0.1) is 5.10 Å². The van der Waals surface area contributed by atoms with E-state index in [1.165, 1.54) is 28.2 Å². The Kier molecular flexibility index (Phi) is 5.23. The van der Waals surface area contributed by atoms with Crippen molar-refractivity contribution in [3.8, 4) is 0 Å². The molecule has 0 saturated heterocycles. The van der Waals surface area contributed by atoms with Crippen LogP contribution in [0.2, 0.25) is 0 Å². The van der Waals surface area contributed by atoms with Crippen LogP contribution in [0.4, 0.5) is 0 Å². The highest BCUT2D eigenvalue weighted by Crippen LogP contribution is 2.25. The number of hydrazine groups is 1. The highest BCUT2D eigenvalue weighted by molar-refractivity contribution is 7.05. The van der Waals surface area contributed by atoms with Gasteiger partial charge in [-0.1, -0.05) is 36.0 Å². The minimum absolute atomic E-state index is 0.0821. The second-order valence-corrected chi connectivity index (χ2v) is 5.96. The van der Waals surface area contributed by atoms with Crippen LogP contribution >= 0.6 is 11.5 Å². The molecule has 3 N–H and O–H groups in total. The molecule has 1 aromatic carbocycles. The third-order valence-corrected chi connectivity index (χ3v) is 4.48. The Bertz CT molecular complexity index is 565. The number of aromatic nitrogens is 2. The molecular formula is C15H22N4S. The topological polar surface area (TPSA) is 63.8 Å². The lowest BCUT2D eigenvalue weighted by Crippen LogP contribution is -2.29. The summed E-state index contributed by atoms with van der Waals surface area (Å²) in [6.45, 7) is 6.42. The Morgan fingerprint density at radius 1 is 1.30 bits per heavy atom. The summed E-state index contributed by atoms with van der Waals surface area (Å²) in [5, 5.41) is 4.22. The van der Waals surface area contributed by atoms with Crippen LogP contribution in [-0.4, -0.2) is 9.59 Å². The lowest BCUT2D eigenvalue weighted by Gasteiger charge is -2.16. The van der Waals surface area contributed by atoms with Crippen molar-refractivity contribution in [3.05, 3.63) is 45.5 Å². The number of aryl methyl sites for hydroxylation is 3. The standard InChI is InChI=1S/C15H22N4S/c1-4-5-13-15(20-19-18-13)14(17-16)9-12-7-6-10(2)11(3)8-12/h6-8,14,17H,4-5,9,16H2,1-3H3. The molecule has 0 fully saturated rings. The van der Waals surface area contributed by atoms with Crippen LogP contribution in [0.3, 0.4) is 0 Å². The molecule has 0 radical (unpaired) electrons. The first-order chi connectivity index (χ1) is 9.65. The highest BCUT2D eigenvalue weighted by Gasteiger charge is 2.18. The molecule has 2 rings (SSSR count). The van der Waals surface area contributed by atoms with Gasteiger partial charge < -0.3 is 0 Å². The summed E-state index contributed by atoms with van der Waals surface area (Å²) in [5.41, 5.74) is 7.90. The van der Waals surface area contributed by atoms with Crippen LogP contribution in [0.25, 0.3) is 0 Å². The van der Waals surface area contributed by atoms with E-state index in [1.54, 1.807) is 0 Å². The zero-order valence-corrected chi connectivity index (χ0v) is 13.1. The summed E-state index contributed by atoms with van der Waals surface area (Å²) in [4.78, 5) is 1.16. The maximum absolute atomic E-state index is 5.75. The van der Waals surface area contributed by atoms with Gasteiger partial charge in [0.25, 0.3) is 0 Å². The minimum atomic E-state index is 0.0821. The Balaban J connectivity index is 2.19. The number of nitrogens with zero attached hydrogens (tertiary/aromatic N) is 2. The first-order valence-electron chi connectivity index (χ1n) is 6.99. The SMILES string of the molecule is CCCc1nnsc1C(Cc1ccc(C)c(C)c1)NN. The van der Waals surface area contributed by atoms with Crippen LogP contribution in [0.1, 0.15) is 46.6 Å². The van der Waals surface area contributed by atoms with Crippen LogP contribution in [0, 0.1) is 13.8 Å². The number of hydrogen-bond acceptors (Lipinski definition) is 5. The first-order valence-corrected chi connectivity index (χ1v) is 7.76. The maximum atomic E-state index is 5.75. The van der Waals surface area contributed by atoms with Gasteiger partial charge >= 0.3 is 0 Å². The number of rotatable bonds is 6. The summed E-state index contributed by atoms with van der Waals surface area (Å²) >= 11 is 1.45. The van der Waals surface area contributed by atoms with Crippen LogP contribution in [0.15, 0.2) is 18.2 Å². The van der Waals surface area contributed by atoms with Gasteiger partial charge in [-0.25, -0.2) is 0 Å². The summed E-state index contributed by atoms with van der Waals surface area (Å²) < 4.78 is 4.08. The summed E-state index contributed by atoms with van der Waals surface area (Å²) in [7, 11) is 0. The molecule has 1 unspecified atom stereocenters. The van der Waals surface area contributed by atoms with Crippen molar-refractivity contribution in [1.82, 2.24) is 15.0 Å². The second kappa shape index (κ2) is 6.92. The first kappa shape index (κ1) is 15.1. The molecule has 0 spiro atoms. The van der Waals surface area contributed by atoms with E-state index in [2.05, 4.69) is 54.0 Å². The predicted octanol–water partition coefficient (Wildman–Crippen LogP) is 2.85. The van der Waals surface area contributed by atoms with Crippen molar-refractivity contribution >= 4 is 11.5 Å².